The maximum absolute atomic E-state index is 13.2. The Balaban J connectivity index is 1.81. The van der Waals surface area contributed by atoms with Crippen LogP contribution in [0.5, 0.6) is 0 Å². The molecule has 0 aromatic carbocycles. The maximum Gasteiger partial charge on any atom is 0.146 e. The third kappa shape index (κ3) is 0.989. The Labute approximate surface area is 109 Å². The fourth-order valence-electron chi connectivity index (χ4n) is 5.39. The van der Waals surface area contributed by atoms with Gasteiger partial charge in [0.2, 0.25) is 0 Å². The second-order valence-electron chi connectivity index (χ2n) is 6.71. The van der Waals surface area contributed by atoms with Gasteiger partial charge in [-0.3, -0.25) is 4.79 Å². The molecule has 0 aromatic rings. The lowest BCUT2D eigenvalue weighted by Gasteiger charge is -2.30. The molecule has 0 aromatic heterocycles. The first-order valence-electron chi connectivity index (χ1n) is 7.22. The Morgan fingerprint density at radius 1 is 1.22 bits per heavy atom. The number of carbonyl (C=O) groups is 1. The molecule has 4 atom stereocenters. The minimum Gasteiger partial charge on any atom is -0.298 e. The zero-order valence-corrected chi connectivity index (χ0v) is 10.8. The Hall–Kier alpha value is -1.11. The van der Waals surface area contributed by atoms with E-state index in [1.54, 1.807) is 0 Å². The van der Waals surface area contributed by atoms with Crippen molar-refractivity contribution in [3.05, 3.63) is 37.0 Å². The van der Waals surface area contributed by atoms with E-state index in [1.807, 2.05) is 0 Å². The fourth-order valence-corrected chi connectivity index (χ4v) is 5.39. The average Bonchev–Trinajstić information content (AvgIpc) is 3.08. The first kappa shape index (κ1) is 10.8. The second-order valence-corrected chi connectivity index (χ2v) is 6.71. The average molecular weight is 240 g/mol. The summed E-state index contributed by atoms with van der Waals surface area (Å²) >= 11 is 0. The standard InChI is InChI=1S/C17H20O/c1-2-12-10-13-6-5-9-17(13)14(12)11-16(15(17)18)7-3-4-8-16/h2-6,12-14H,1,7-11H2/t12-,13+,14+,17-/m1/s1. The van der Waals surface area contributed by atoms with Crippen LogP contribution in [0.1, 0.15) is 32.1 Å². The molecular formula is C17H20O. The van der Waals surface area contributed by atoms with E-state index < -0.39 is 0 Å². The van der Waals surface area contributed by atoms with Gasteiger partial charge in [-0.1, -0.05) is 30.4 Å². The Morgan fingerprint density at radius 3 is 2.72 bits per heavy atom. The summed E-state index contributed by atoms with van der Waals surface area (Å²) in [5.74, 6) is 2.20. The molecule has 1 nitrogen and oxygen atoms in total. The van der Waals surface area contributed by atoms with E-state index in [0.717, 1.165) is 32.1 Å². The van der Waals surface area contributed by atoms with E-state index in [0.29, 0.717) is 23.5 Å². The van der Waals surface area contributed by atoms with Gasteiger partial charge in [-0.25, -0.2) is 0 Å². The highest BCUT2D eigenvalue weighted by atomic mass is 16.1. The lowest BCUT2D eigenvalue weighted by molar-refractivity contribution is -0.134. The number of rotatable bonds is 1. The molecule has 2 saturated carbocycles. The summed E-state index contributed by atoms with van der Waals surface area (Å²) in [5, 5.41) is 0. The van der Waals surface area contributed by atoms with Gasteiger partial charge < -0.3 is 0 Å². The van der Waals surface area contributed by atoms with Crippen molar-refractivity contribution in [1.29, 1.82) is 0 Å². The van der Waals surface area contributed by atoms with E-state index in [4.69, 9.17) is 0 Å². The molecule has 4 aliphatic rings. The highest BCUT2D eigenvalue weighted by Gasteiger charge is 2.68. The Morgan fingerprint density at radius 2 is 2.00 bits per heavy atom. The van der Waals surface area contributed by atoms with Crippen LogP contribution in [0, 0.1) is 28.6 Å². The predicted molar refractivity (Wildman–Crippen MR) is 71.9 cm³/mol. The van der Waals surface area contributed by atoms with Gasteiger partial charge in [0.05, 0.1) is 0 Å². The number of hydrogen-bond donors (Lipinski definition) is 0. The summed E-state index contributed by atoms with van der Waals surface area (Å²) in [7, 11) is 0. The van der Waals surface area contributed by atoms with E-state index in [9.17, 15) is 4.79 Å². The van der Waals surface area contributed by atoms with E-state index in [-0.39, 0.29) is 10.8 Å². The molecule has 0 heterocycles. The lowest BCUT2D eigenvalue weighted by Crippen LogP contribution is -2.37. The van der Waals surface area contributed by atoms with Crippen molar-refractivity contribution in [1.82, 2.24) is 0 Å². The minimum absolute atomic E-state index is 0.0311. The van der Waals surface area contributed by atoms with E-state index in [2.05, 4.69) is 37.0 Å². The molecular weight excluding hydrogens is 220 g/mol. The number of carbonyl (C=O) groups excluding carboxylic acids is 1. The highest BCUT2D eigenvalue weighted by molar-refractivity contribution is 5.95. The number of Topliss-reactive ketones (excluding diaryl/α,β-unsaturated/α-hetero) is 1. The summed E-state index contributed by atoms with van der Waals surface area (Å²) in [6, 6.07) is 0. The van der Waals surface area contributed by atoms with Crippen molar-refractivity contribution >= 4 is 5.78 Å². The van der Waals surface area contributed by atoms with Crippen LogP contribution in [0.2, 0.25) is 0 Å². The van der Waals surface area contributed by atoms with Crippen molar-refractivity contribution in [3.63, 3.8) is 0 Å². The molecule has 0 unspecified atom stereocenters. The summed E-state index contributed by atoms with van der Waals surface area (Å²) in [6.45, 7) is 4.02. The Bertz CT molecular complexity index is 476. The van der Waals surface area contributed by atoms with Crippen molar-refractivity contribution < 1.29 is 4.79 Å². The molecule has 0 radical (unpaired) electrons. The number of hydrogen-bond acceptors (Lipinski definition) is 1. The Kier molecular flexibility index (Phi) is 1.95. The van der Waals surface area contributed by atoms with Crippen molar-refractivity contribution in [2.45, 2.75) is 32.1 Å². The SMILES string of the molecule is C=C[C@@H]1C[C@@H]2C=CC[C@@]23C(=O)C2(CC=CC2)C[C@@H]13. The van der Waals surface area contributed by atoms with Gasteiger partial charge in [0.25, 0.3) is 0 Å². The molecule has 2 fully saturated rings. The fraction of sp³-hybridized carbons (Fsp3) is 0.588. The number of allylic oxidation sites excluding steroid dienone is 5. The predicted octanol–water partition coefficient (Wildman–Crippen LogP) is 3.68. The second kappa shape index (κ2) is 3.26. The normalized spacial score (nSPS) is 46.9. The molecule has 94 valence electrons. The van der Waals surface area contributed by atoms with Crippen LogP contribution in [0.15, 0.2) is 37.0 Å². The van der Waals surface area contributed by atoms with Crippen molar-refractivity contribution in [2.75, 3.05) is 0 Å². The zero-order chi connectivity index (χ0) is 12.4. The van der Waals surface area contributed by atoms with Crippen LogP contribution in [-0.4, -0.2) is 5.78 Å². The quantitative estimate of drug-likeness (QED) is 0.639. The van der Waals surface area contributed by atoms with Gasteiger partial charge in [0.15, 0.2) is 0 Å². The van der Waals surface area contributed by atoms with Crippen molar-refractivity contribution in [3.8, 4) is 0 Å². The smallest absolute Gasteiger partial charge is 0.146 e. The summed E-state index contributed by atoms with van der Waals surface area (Å²) < 4.78 is 0. The van der Waals surface area contributed by atoms with Crippen molar-refractivity contribution in [2.24, 2.45) is 28.6 Å². The van der Waals surface area contributed by atoms with Gasteiger partial charge >= 0.3 is 0 Å². The molecule has 0 saturated heterocycles. The van der Waals surface area contributed by atoms with Crippen LogP contribution < -0.4 is 0 Å². The van der Waals surface area contributed by atoms with Crippen LogP contribution in [-0.2, 0) is 4.79 Å². The highest BCUT2D eigenvalue weighted by Crippen LogP contribution is 2.69. The monoisotopic (exact) mass is 240 g/mol. The molecule has 0 aliphatic heterocycles. The molecule has 0 bridgehead atoms. The first-order chi connectivity index (χ1) is 8.73. The summed E-state index contributed by atoms with van der Waals surface area (Å²) in [6.07, 6.45) is 16.4. The van der Waals surface area contributed by atoms with Gasteiger partial charge in [-0.05, 0) is 49.9 Å². The van der Waals surface area contributed by atoms with E-state index in [1.165, 1.54) is 0 Å². The third-order valence-electron chi connectivity index (χ3n) is 6.19. The molecule has 2 spiro atoms. The van der Waals surface area contributed by atoms with Gasteiger partial charge in [-0.15, -0.1) is 6.58 Å². The summed E-state index contributed by atoms with van der Waals surface area (Å²) in [5.41, 5.74) is -0.0680. The van der Waals surface area contributed by atoms with Gasteiger partial charge in [0, 0.05) is 10.8 Å². The first-order valence-corrected chi connectivity index (χ1v) is 7.22. The molecule has 1 heteroatoms. The van der Waals surface area contributed by atoms with Gasteiger partial charge in [0.1, 0.15) is 5.78 Å². The lowest BCUT2D eigenvalue weighted by atomic mass is 9.71. The van der Waals surface area contributed by atoms with Gasteiger partial charge in [-0.2, -0.15) is 0 Å². The van der Waals surface area contributed by atoms with Crippen LogP contribution in [0.3, 0.4) is 0 Å². The zero-order valence-electron chi connectivity index (χ0n) is 10.8. The van der Waals surface area contributed by atoms with Crippen LogP contribution in [0.4, 0.5) is 0 Å². The topological polar surface area (TPSA) is 17.1 Å². The third-order valence-corrected chi connectivity index (χ3v) is 6.19. The molecule has 0 N–H and O–H groups in total. The molecule has 4 rings (SSSR count). The maximum atomic E-state index is 13.2. The van der Waals surface area contributed by atoms with Crippen LogP contribution >= 0.6 is 0 Å². The molecule has 0 amide bonds. The number of ketones is 1. The minimum atomic E-state index is -0.0368. The van der Waals surface area contributed by atoms with E-state index >= 15 is 0 Å². The largest absolute Gasteiger partial charge is 0.298 e. The molecule has 18 heavy (non-hydrogen) atoms. The molecule has 4 aliphatic carbocycles. The van der Waals surface area contributed by atoms with Crippen LogP contribution in [0.25, 0.3) is 0 Å². The summed E-state index contributed by atoms with van der Waals surface area (Å²) in [4.78, 5) is 13.2.